The summed E-state index contributed by atoms with van der Waals surface area (Å²) in [4.78, 5) is 0. The van der Waals surface area contributed by atoms with Crippen molar-refractivity contribution in [2.75, 3.05) is 0 Å². The molecule has 3 aromatic rings. The molecule has 33 heavy (non-hydrogen) atoms. The molecule has 1 saturated carbocycles. The highest BCUT2D eigenvalue weighted by Gasteiger charge is 2.27. The van der Waals surface area contributed by atoms with E-state index in [-0.39, 0.29) is 0 Å². The van der Waals surface area contributed by atoms with Gasteiger partial charge in [-0.05, 0) is 109 Å². The van der Waals surface area contributed by atoms with Gasteiger partial charge in [-0.1, -0.05) is 93.1 Å². The highest BCUT2D eigenvalue weighted by molar-refractivity contribution is 5.67. The van der Waals surface area contributed by atoms with Crippen LogP contribution in [0.3, 0.4) is 0 Å². The van der Waals surface area contributed by atoms with Crippen molar-refractivity contribution in [3.05, 3.63) is 112 Å². The Balaban J connectivity index is 1.57. The molecule has 0 spiro atoms. The van der Waals surface area contributed by atoms with Crippen molar-refractivity contribution in [3.8, 4) is 0 Å². The second-order valence-electron chi connectivity index (χ2n) is 10.1. The molecule has 0 N–H and O–H groups in total. The van der Waals surface area contributed by atoms with E-state index >= 15 is 0 Å². The van der Waals surface area contributed by atoms with E-state index in [2.05, 4.69) is 94.1 Å². The van der Waals surface area contributed by atoms with Crippen LogP contribution in [0.1, 0.15) is 83.9 Å². The molecule has 2 atom stereocenters. The summed E-state index contributed by atoms with van der Waals surface area (Å²) in [6.45, 7) is 11.3. The van der Waals surface area contributed by atoms with Crippen LogP contribution in [0.2, 0.25) is 0 Å². The fourth-order valence-electron chi connectivity index (χ4n) is 5.67. The fraction of sp³-hybridized carbons (Fsp3) is 0.394. The van der Waals surface area contributed by atoms with Gasteiger partial charge in [0.1, 0.15) is 0 Å². The highest BCUT2D eigenvalue weighted by Crippen LogP contribution is 2.42. The van der Waals surface area contributed by atoms with Crippen LogP contribution in [-0.2, 0) is 19.3 Å². The van der Waals surface area contributed by atoms with Gasteiger partial charge in [-0.2, -0.15) is 0 Å². The van der Waals surface area contributed by atoms with Crippen LogP contribution in [0.15, 0.2) is 73.3 Å². The highest BCUT2D eigenvalue weighted by atomic mass is 14.3. The Labute approximate surface area is 201 Å². The van der Waals surface area contributed by atoms with Crippen LogP contribution in [0.5, 0.6) is 0 Å². The van der Waals surface area contributed by atoms with E-state index in [9.17, 15) is 0 Å². The average Bonchev–Trinajstić information content (AvgIpc) is 3.33. The van der Waals surface area contributed by atoms with Gasteiger partial charge in [0.25, 0.3) is 0 Å². The molecule has 0 amide bonds. The van der Waals surface area contributed by atoms with E-state index in [1.807, 2.05) is 0 Å². The minimum atomic E-state index is 0.738. The average molecular weight is 437 g/mol. The van der Waals surface area contributed by atoms with Crippen LogP contribution in [0.4, 0.5) is 0 Å². The van der Waals surface area contributed by atoms with E-state index in [0.29, 0.717) is 0 Å². The molecule has 0 nitrogen and oxygen atoms in total. The first-order valence-corrected chi connectivity index (χ1v) is 13.0. The van der Waals surface area contributed by atoms with E-state index < -0.39 is 0 Å². The molecule has 1 fully saturated rings. The second-order valence-corrected chi connectivity index (χ2v) is 10.1. The second kappa shape index (κ2) is 11.0. The Morgan fingerprint density at radius 2 is 1.64 bits per heavy atom. The van der Waals surface area contributed by atoms with Crippen LogP contribution in [-0.4, -0.2) is 0 Å². The number of aryl methyl sites for hydroxylation is 5. The lowest BCUT2D eigenvalue weighted by Gasteiger charge is -2.21. The fourth-order valence-corrected chi connectivity index (χ4v) is 5.67. The molecule has 172 valence electrons. The van der Waals surface area contributed by atoms with Crippen LogP contribution in [0.25, 0.3) is 5.57 Å². The summed E-state index contributed by atoms with van der Waals surface area (Å²) >= 11 is 0. The Morgan fingerprint density at radius 1 is 0.818 bits per heavy atom. The van der Waals surface area contributed by atoms with Gasteiger partial charge in [0.2, 0.25) is 0 Å². The van der Waals surface area contributed by atoms with E-state index in [0.717, 1.165) is 37.5 Å². The number of benzene rings is 3. The lowest BCUT2D eigenvalue weighted by molar-refractivity contribution is 0.469. The van der Waals surface area contributed by atoms with Crippen molar-refractivity contribution in [1.82, 2.24) is 0 Å². The van der Waals surface area contributed by atoms with Gasteiger partial charge >= 0.3 is 0 Å². The summed E-state index contributed by atoms with van der Waals surface area (Å²) in [5, 5.41) is 0. The summed E-state index contributed by atoms with van der Waals surface area (Å²) in [6, 6.07) is 25.1. The van der Waals surface area contributed by atoms with Crippen LogP contribution in [0, 0.1) is 19.8 Å². The van der Waals surface area contributed by atoms with Gasteiger partial charge in [0.05, 0.1) is 0 Å². The lowest BCUT2D eigenvalue weighted by Crippen LogP contribution is -2.07. The molecule has 0 bridgehead atoms. The number of hydrogen-bond donors (Lipinski definition) is 0. The van der Waals surface area contributed by atoms with Gasteiger partial charge in [-0.3, -0.25) is 0 Å². The predicted octanol–water partition coefficient (Wildman–Crippen LogP) is 9.03. The maximum Gasteiger partial charge on any atom is -0.0134 e. The van der Waals surface area contributed by atoms with Crippen molar-refractivity contribution < 1.29 is 0 Å². The van der Waals surface area contributed by atoms with Crippen molar-refractivity contribution in [2.24, 2.45) is 5.92 Å². The topological polar surface area (TPSA) is 0 Å². The monoisotopic (exact) mass is 436 g/mol. The smallest absolute Gasteiger partial charge is 0.0134 e. The SMILES string of the molecule is C=C(CCc1ccccc1)c1ccc(C2CCCC2CC)cc1CCc1ccc(C)c(C)c1. The van der Waals surface area contributed by atoms with E-state index in [4.69, 9.17) is 0 Å². The van der Waals surface area contributed by atoms with Gasteiger partial charge < -0.3 is 0 Å². The molecule has 0 saturated heterocycles. The molecule has 0 radical (unpaired) electrons. The molecular formula is C33H40. The maximum absolute atomic E-state index is 4.54. The number of allylic oxidation sites excluding steroid dienone is 1. The minimum absolute atomic E-state index is 0.738. The summed E-state index contributed by atoms with van der Waals surface area (Å²) in [6.07, 6.45) is 9.67. The molecule has 0 heteroatoms. The van der Waals surface area contributed by atoms with Gasteiger partial charge in [0.15, 0.2) is 0 Å². The van der Waals surface area contributed by atoms with Crippen molar-refractivity contribution in [3.63, 3.8) is 0 Å². The molecule has 0 aliphatic heterocycles. The zero-order valence-corrected chi connectivity index (χ0v) is 20.9. The normalized spacial score (nSPS) is 17.9. The largest absolute Gasteiger partial charge is 0.0952 e. The lowest BCUT2D eigenvalue weighted by atomic mass is 9.83. The zero-order valence-electron chi connectivity index (χ0n) is 20.9. The minimum Gasteiger partial charge on any atom is -0.0952 e. The van der Waals surface area contributed by atoms with Crippen molar-refractivity contribution in [1.29, 1.82) is 0 Å². The van der Waals surface area contributed by atoms with Gasteiger partial charge in [-0.25, -0.2) is 0 Å². The van der Waals surface area contributed by atoms with Gasteiger partial charge in [0, 0.05) is 0 Å². The molecule has 1 aliphatic carbocycles. The summed E-state index contributed by atoms with van der Waals surface area (Å²) in [7, 11) is 0. The van der Waals surface area contributed by atoms with Gasteiger partial charge in [-0.15, -0.1) is 0 Å². The summed E-state index contributed by atoms with van der Waals surface area (Å²) in [5.74, 6) is 1.59. The van der Waals surface area contributed by atoms with Crippen LogP contribution >= 0.6 is 0 Å². The third kappa shape index (κ3) is 5.85. The summed E-state index contributed by atoms with van der Waals surface area (Å²) in [5.41, 5.74) is 11.3. The third-order valence-electron chi connectivity index (χ3n) is 7.93. The van der Waals surface area contributed by atoms with E-state index in [1.165, 1.54) is 64.6 Å². The summed E-state index contributed by atoms with van der Waals surface area (Å²) < 4.78 is 0. The first-order chi connectivity index (χ1) is 16.0. The standard InChI is InChI=1S/C33H40/c1-5-29-12-9-13-33(29)31-20-21-32(25(3)15-16-27-10-7-6-8-11-27)30(23-31)19-18-28-17-14-24(2)26(4)22-28/h6-8,10-11,14,17,20-23,29,33H,3,5,9,12-13,15-16,18-19H2,1-2,4H3. The number of hydrogen-bond acceptors (Lipinski definition) is 0. The molecule has 3 aromatic carbocycles. The maximum atomic E-state index is 4.54. The van der Waals surface area contributed by atoms with Crippen LogP contribution < -0.4 is 0 Å². The van der Waals surface area contributed by atoms with Crippen molar-refractivity contribution >= 4 is 5.57 Å². The Bertz CT molecular complexity index is 1070. The number of rotatable bonds is 9. The molecule has 1 aliphatic rings. The first-order valence-electron chi connectivity index (χ1n) is 13.0. The molecule has 0 heterocycles. The zero-order chi connectivity index (χ0) is 23.2. The van der Waals surface area contributed by atoms with E-state index in [1.54, 1.807) is 5.56 Å². The molecule has 2 unspecified atom stereocenters. The first kappa shape index (κ1) is 23.6. The molecule has 0 aromatic heterocycles. The molecular weight excluding hydrogens is 396 g/mol. The quantitative estimate of drug-likeness (QED) is 0.314. The Morgan fingerprint density at radius 3 is 2.39 bits per heavy atom. The van der Waals surface area contributed by atoms with Crippen molar-refractivity contribution in [2.45, 2.75) is 78.1 Å². The Hall–Kier alpha value is -2.60. The predicted molar refractivity (Wildman–Crippen MR) is 144 cm³/mol. The molecule has 4 rings (SSSR count). The third-order valence-corrected chi connectivity index (χ3v) is 7.93. The Kier molecular flexibility index (Phi) is 7.86.